The summed E-state index contributed by atoms with van der Waals surface area (Å²) in [4.78, 5) is 30.0. The monoisotopic (exact) mass is 635 g/mol. The van der Waals surface area contributed by atoms with Crippen LogP contribution < -0.4 is 20.4 Å². The Bertz CT molecular complexity index is 1760. The second kappa shape index (κ2) is 12.8. The number of fused-ring (bicyclic) bond motifs is 1. The Kier molecular flexibility index (Phi) is 8.79. The molecule has 4 heterocycles. The number of nitrogens with one attached hydrogen (secondary N) is 2. The molecule has 4 atom stereocenters. The lowest BCUT2D eigenvalue weighted by Crippen LogP contribution is -2.49. The maximum atomic E-state index is 14.6. The summed E-state index contributed by atoms with van der Waals surface area (Å²) < 4.78 is 43.5. The molecule has 1 amide bonds. The summed E-state index contributed by atoms with van der Waals surface area (Å²) in [7, 11) is -1.52. The molecular weight excluding hydrogens is 597 g/mol. The minimum Gasteiger partial charge on any atom is -0.378 e. The number of anilines is 4. The van der Waals surface area contributed by atoms with Crippen LogP contribution in [0.15, 0.2) is 36.7 Å². The number of methoxy groups -OCH3 is 1. The number of ether oxygens (including phenoxy) is 1. The van der Waals surface area contributed by atoms with Crippen LogP contribution in [-0.4, -0.2) is 92.9 Å². The number of piperidine rings is 1. The molecule has 13 heteroatoms. The average Bonchev–Trinajstić information content (AvgIpc) is 2.97. The van der Waals surface area contributed by atoms with E-state index in [0.29, 0.717) is 43.6 Å². The number of hydrogen-bond acceptors (Lipinski definition) is 10. The maximum Gasteiger partial charge on any atom is 0.296 e. The Morgan fingerprint density at radius 2 is 1.91 bits per heavy atom. The molecule has 3 fully saturated rings. The van der Waals surface area contributed by atoms with Gasteiger partial charge in [-0.25, -0.2) is 22.8 Å². The van der Waals surface area contributed by atoms with Gasteiger partial charge in [-0.1, -0.05) is 12.0 Å². The third kappa shape index (κ3) is 6.82. The third-order valence-corrected chi connectivity index (χ3v) is 10.0. The summed E-state index contributed by atoms with van der Waals surface area (Å²) in [5.74, 6) is 6.89. The molecule has 2 aliphatic heterocycles. The average molecular weight is 636 g/mol. The SMILES string of the molecule is CC#CC(=O)N[C@H]1CC[C@H]1c1ccc(N2CC(CS(C)(=O)=O)C2)c2cnc(Nc3ccnc(N4CC[C@@H](OC)[C@@H](F)C4)n3)cc12. The number of sulfone groups is 1. The summed E-state index contributed by atoms with van der Waals surface area (Å²) in [5.41, 5.74) is 2.10. The molecule has 2 N–H and O–H groups in total. The standard InChI is InChI=1S/C32H38FN7O4S/c1-4-5-31(41)36-26-8-6-22(26)21-7-9-27(40-16-20(17-40)19-45(3,42)43)24-15-35-30(14-23(21)24)37-29-10-12-34-32(38-29)39-13-11-28(44-2)25(33)18-39/h7,9-10,12,14-15,20,22,25-26,28H,6,8,11,13,16-19H2,1-3H3,(H,36,41)(H,34,35,37,38)/t22-,25-,26-,28+/m0/s1. The number of nitrogens with zero attached hydrogens (tertiary/aromatic N) is 5. The zero-order valence-corrected chi connectivity index (χ0v) is 26.5. The molecule has 3 aliphatic rings. The molecule has 1 aliphatic carbocycles. The highest BCUT2D eigenvalue weighted by molar-refractivity contribution is 7.90. The second-order valence-electron chi connectivity index (χ2n) is 12.2. The Morgan fingerprint density at radius 1 is 1.09 bits per heavy atom. The van der Waals surface area contributed by atoms with Crippen LogP contribution in [0.2, 0.25) is 0 Å². The van der Waals surface area contributed by atoms with Gasteiger partial charge in [0.2, 0.25) is 5.95 Å². The number of pyridine rings is 1. The van der Waals surface area contributed by atoms with Gasteiger partial charge in [-0.2, -0.15) is 4.98 Å². The first-order chi connectivity index (χ1) is 21.6. The molecule has 11 nitrogen and oxygen atoms in total. The quantitative estimate of drug-likeness (QED) is 0.338. The summed E-state index contributed by atoms with van der Waals surface area (Å²) in [5, 5.41) is 8.31. The van der Waals surface area contributed by atoms with E-state index in [-0.39, 0.29) is 36.1 Å². The van der Waals surface area contributed by atoms with Crippen molar-refractivity contribution < 1.29 is 22.3 Å². The molecule has 6 rings (SSSR count). The Hall–Kier alpha value is -4.02. The minimum absolute atomic E-state index is 0.0221. The highest BCUT2D eigenvalue weighted by Gasteiger charge is 2.36. The van der Waals surface area contributed by atoms with Gasteiger partial charge < -0.3 is 25.2 Å². The largest absolute Gasteiger partial charge is 0.378 e. The lowest BCUT2D eigenvalue weighted by molar-refractivity contribution is -0.117. The summed E-state index contributed by atoms with van der Waals surface area (Å²) in [6.45, 7) is 3.71. The molecule has 0 unspecified atom stereocenters. The number of carbonyl (C=O) groups excluding carboxylic acids is 1. The summed E-state index contributed by atoms with van der Waals surface area (Å²) >= 11 is 0. The van der Waals surface area contributed by atoms with Crippen molar-refractivity contribution in [1.82, 2.24) is 20.3 Å². The highest BCUT2D eigenvalue weighted by Crippen LogP contribution is 2.43. The minimum atomic E-state index is -3.05. The summed E-state index contributed by atoms with van der Waals surface area (Å²) in [6.07, 6.45) is 5.55. The zero-order chi connectivity index (χ0) is 31.7. The smallest absolute Gasteiger partial charge is 0.296 e. The van der Waals surface area contributed by atoms with Crippen LogP contribution in [0.5, 0.6) is 0 Å². The van der Waals surface area contributed by atoms with Gasteiger partial charge in [0.15, 0.2) is 0 Å². The van der Waals surface area contributed by atoms with Crippen molar-refractivity contribution in [3.63, 3.8) is 0 Å². The van der Waals surface area contributed by atoms with Crippen molar-refractivity contribution in [2.75, 3.05) is 60.4 Å². The van der Waals surface area contributed by atoms with Crippen molar-refractivity contribution in [3.8, 4) is 11.8 Å². The van der Waals surface area contributed by atoms with Gasteiger partial charge in [0, 0.05) is 74.3 Å². The number of aromatic nitrogens is 3. The summed E-state index contributed by atoms with van der Waals surface area (Å²) in [6, 6.07) is 7.91. The number of halogens is 1. The van der Waals surface area contributed by atoms with Gasteiger partial charge in [0.1, 0.15) is 27.6 Å². The normalized spacial score (nSPS) is 23.5. The van der Waals surface area contributed by atoms with E-state index in [2.05, 4.69) is 49.5 Å². The lowest BCUT2D eigenvalue weighted by Gasteiger charge is -2.42. The van der Waals surface area contributed by atoms with E-state index in [0.717, 1.165) is 34.9 Å². The molecule has 2 aromatic heterocycles. The number of amides is 1. The third-order valence-electron chi connectivity index (χ3n) is 8.94. The van der Waals surface area contributed by atoms with Gasteiger partial charge in [-0.3, -0.25) is 4.79 Å². The fraction of sp³-hybridized carbons (Fsp3) is 0.500. The van der Waals surface area contributed by atoms with Gasteiger partial charge in [-0.05, 0) is 61.3 Å². The number of alkyl halides is 1. The highest BCUT2D eigenvalue weighted by atomic mass is 32.2. The Balaban J connectivity index is 1.28. The predicted molar refractivity (Wildman–Crippen MR) is 172 cm³/mol. The van der Waals surface area contributed by atoms with Crippen LogP contribution in [-0.2, 0) is 19.4 Å². The topological polar surface area (TPSA) is 130 Å². The Labute approximate surface area is 262 Å². The fourth-order valence-corrected chi connectivity index (χ4v) is 7.68. The molecule has 0 radical (unpaired) electrons. The fourth-order valence-electron chi connectivity index (χ4n) is 6.61. The van der Waals surface area contributed by atoms with Gasteiger partial charge in [0.25, 0.3) is 5.91 Å². The van der Waals surface area contributed by atoms with Crippen LogP contribution >= 0.6 is 0 Å². The lowest BCUT2D eigenvalue weighted by atomic mass is 9.73. The van der Waals surface area contributed by atoms with E-state index in [9.17, 15) is 17.6 Å². The van der Waals surface area contributed by atoms with Crippen LogP contribution in [0.4, 0.5) is 27.7 Å². The molecular formula is C32H38FN7O4S. The first-order valence-corrected chi connectivity index (χ1v) is 17.3. The van der Waals surface area contributed by atoms with E-state index in [1.807, 2.05) is 17.2 Å². The zero-order valence-electron chi connectivity index (χ0n) is 25.7. The van der Waals surface area contributed by atoms with Crippen LogP contribution in [0.3, 0.4) is 0 Å². The van der Waals surface area contributed by atoms with E-state index in [4.69, 9.17) is 9.72 Å². The second-order valence-corrected chi connectivity index (χ2v) is 14.4. The molecule has 3 aromatic rings. The molecule has 1 saturated carbocycles. The number of carbonyl (C=O) groups is 1. The van der Waals surface area contributed by atoms with Crippen LogP contribution in [0.25, 0.3) is 10.8 Å². The van der Waals surface area contributed by atoms with Crippen molar-refractivity contribution in [3.05, 3.63) is 42.2 Å². The number of hydrogen-bond donors (Lipinski definition) is 2. The maximum absolute atomic E-state index is 14.6. The molecule has 238 valence electrons. The first kappa shape index (κ1) is 31.0. The molecule has 0 spiro atoms. The van der Waals surface area contributed by atoms with Crippen molar-refractivity contribution in [2.45, 2.75) is 50.4 Å². The van der Waals surface area contributed by atoms with Crippen molar-refractivity contribution in [2.24, 2.45) is 5.92 Å². The van der Waals surface area contributed by atoms with E-state index >= 15 is 0 Å². The predicted octanol–water partition coefficient (Wildman–Crippen LogP) is 3.20. The van der Waals surface area contributed by atoms with E-state index in [1.165, 1.54) is 13.4 Å². The van der Waals surface area contributed by atoms with Gasteiger partial charge >= 0.3 is 0 Å². The molecule has 45 heavy (non-hydrogen) atoms. The molecule has 0 bridgehead atoms. The number of rotatable bonds is 9. The molecule has 2 saturated heterocycles. The van der Waals surface area contributed by atoms with Crippen molar-refractivity contribution >= 4 is 49.8 Å². The number of benzene rings is 1. The van der Waals surface area contributed by atoms with E-state index in [1.54, 1.807) is 19.2 Å². The first-order valence-electron chi connectivity index (χ1n) is 15.2. The molecule has 1 aromatic carbocycles. The van der Waals surface area contributed by atoms with Crippen LogP contribution in [0.1, 0.15) is 37.7 Å². The van der Waals surface area contributed by atoms with Gasteiger partial charge in [0.05, 0.1) is 18.4 Å². The van der Waals surface area contributed by atoms with Crippen LogP contribution in [0, 0.1) is 17.8 Å². The Morgan fingerprint density at radius 3 is 2.60 bits per heavy atom. The van der Waals surface area contributed by atoms with Crippen molar-refractivity contribution in [1.29, 1.82) is 0 Å². The van der Waals surface area contributed by atoms with Gasteiger partial charge in [-0.15, -0.1) is 0 Å². The van der Waals surface area contributed by atoms with E-state index < -0.39 is 22.1 Å².